The van der Waals surface area contributed by atoms with Gasteiger partial charge in [0.25, 0.3) is 0 Å². The largest absolute Gasteiger partial charge is 0.383 e. The first kappa shape index (κ1) is 14.2. The molecule has 0 saturated carbocycles. The fourth-order valence-electron chi connectivity index (χ4n) is 2.71. The normalized spacial score (nSPS) is 18.4. The van der Waals surface area contributed by atoms with Gasteiger partial charge in [0.2, 0.25) is 0 Å². The molecule has 3 nitrogen and oxygen atoms in total. The number of nitrogens with zero attached hydrogens (tertiary/aromatic N) is 1. The van der Waals surface area contributed by atoms with Crippen molar-refractivity contribution in [3.8, 4) is 0 Å². The Morgan fingerprint density at radius 3 is 2.90 bits per heavy atom. The second-order valence-corrected chi connectivity index (χ2v) is 5.80. The highest BCUT2D eigenvalue weighted by molar-refractivity contribution is 7.80. The van der Waals surface area contributed by atoms with Crippen molar-refractivity contribution < 1.29 is 0 Å². The Bertz CT molecular complexity index is 694. The van der Waals surface area contributed by atoms with E-state index in [4.69, 9.17) is 5.73 Å². The molecule has 0 aromatic heterocycles. The Morgan fingerprint density at radius 1 is 1.29 bits per heavy atom. The highest BCUT2D eigenvalue weighted by Gasteiger charge is 2.15. The lowest BCUT2D eigenvalue weighted by Crippen LogP contribution is -2.27. The van der Waals surface area contributed by atoms with Gasteiger partial charge in [0, 0.05) is 16.5 Å². The van der Waals surface area contributed by atoms with Crippen molar-refractivity contribution in [1.29, 1.82) is 0 Å². The van der Waals surface area contributed by atoms with E-state index in [1.807, 2.05) is 30.3 Å². The molecule has 1 atom stereocenters. The van der Waals surface area contributed by atoms with Crippen LogP contribution in [0.2, 0.25) is 0 Å². The molecule has 0 bridgehead atoms. The minimum Gasteiger partial charge on any atom is -0.383 e. The molecule has 1 heterocycles. The van der Waals surface area contributed by atoms with Crippen molar-refractivity contribution in [1.82, 2.24) is 5.32 Å². The molecule has 3 N–H and O–H groups in total. The van der Waals surface area contributed by atoms with Crippen LogP contribution in [0.4, 0.5) is 5.69 Å². The van der Waals surface area contributed by atoms with Gasteiger partial charge in [-0.1, -0.05) is 24.3 Å². The summed E-state index contributed by atoms with van der Waals surface area (Å²) in [5, 5.41) is 3.47. The minimum absolute atomic E-state index is 0.363. The van der Waals surface area contributed by atoms with Crippen molar-refractivity contribution in [2.45, 2.75) is 24.3 Å². The van der Waals surface area contributed by atoms with Gasteiger partial charge < -0.3 is 11.1 Å². The number of amidine groups is 1. The number of nitrogens with two attached hydrogens (primary N) is 1. The number of nitrogens with one attached hydrogen (secondary N) is 1. The summed E-state index contributed by atoms with van der Waals surface area (Å²) >= 11 is 4.43. The third-order valence-corrected chi connectivity index (χ3v) is 4.26. The molecule has 1 aliphatic heterocycles. The maximum absolute atomic E-state index is 6.12. The van der Waals surface area contributed by atoms with Gasteiger partial charge in [-0.2, -0.15) is 0 Å². The van der Waals surface area contributed by atoms with E-state index in [0.717, 1.165) is 29.1 Å². The predicted molar refractivity (Wildman–Crippen MR) is 90.6 cm³/mol. The van der Waals surface area contributed by atoms with Crippen LogP contribution in [0.5, 0.6) is 0 Å². The van der Waals surface area contributed by atoms with E-state index in [-0.39, 0.29) is 0 Å². The first-order valence-electron chi connectivity index (χ1n) is 7.14. The van der Waals surface area contributed by atoms with E-state index in [2.05, 4.69) is 42.0 Å². The molecule has 3 rings (SSSR count). The average molecular weight is 297 g/mol. The third-order valence-electron chi connectivity index (χ3n) is 3.87. The van der Waals surface area contributed by atoms with Crippen molar-refractivity contribution in [2.75, 3.05) is 6.54 Å². The van der Waals surface area contributed by atoms with Crippen LogP contribution in [-0.2, 0) is 6.42 Å². The molecule has 0 amide bonds. The maximum Gasteiger partial charge on any atom is 0.132 e. The summed E-state index contributed by atoms with van der Waals surface area (Å²) in [7, 11) is 0. The van der Waals surface area contributed by atoms with Crippen molar-refractivity contribution in [3.63, 3.8) is 0 Å². The molecule has 21 heavy (non-hydrogen) atoms. The van der Waals surface area contributed by atoms with Crippen molar-refractivity contribution >= 4 is 24.2 Å². The number of hydrogen-bond donors (Lipinski definition) is 3. The number of rotatable bonds is 2. The second-order valence-electron chi connectivity index (χ2n) is 5.32. The van der Waals surface area contributed by atoms with Crippen LogP contribution in [0.25, 0.3) is 0 Å². The molecule has 1 aliphatic rings. The first-order valence-corrected chi connectivity index (χ1v) is 7.58. The van der Waals surface area contributed by atoms with Crippen LogP contribution < -0.4 is 11.1 Å². The zero-order valence-electron chi connectivity index (χ0n) is 12.0. The van der Waals surface area contributed by atoms with Gasteiger partial charge in [-0.25, -0.2) is 4.99 Å². The lowest BCUT2D eigenvalue weighted by Gasteiger charge is -2.24. The molecule has 2 aromatic carbocycles. The fourth-order valence-corrected chi connectivity index (χ4v) is 2.98. The Kier molecular flexibility index (Phi) is 3.99. The molecule has 0 spiro atoms. The van der Waals surface area contributed by atoms with Crippen LogP contribution in [-0.4, -0.2) is 12.4 Å². The van der Waals surface area contributed by atoms with Crippen LogP contribution in [0.15, 0.2) is 52.4 Å². The highest BCUT2D eigenvalue weighted by atomic mass is 32.1. The van der Waals surface area contributed by atoms with Gasteiger partial charge in [0.05, 0.1) is 5.69 Å². The van der Waals surface area contributed by atoms with E-state index >= 15 is 0 Å². The van der Waals surface area contributed by atoms with Crippen LogP contribution >= 0.6 is 12.6 Å². The Hall–Kier alpha value is -1.78. The molecule has 2 aromatic rings. The molecule has 4 heteroatoms. The SMILES string of the molecule is CC1NCCc2ccc(N=C(N)c3ccccc3S)cc21. The summed E-state index contributed by atoms with van der Waals surface area (Å²) in [5.74, 6) is 0.497. The lowest BCUT2D eigenvalue weighted by atomic mass is 9.95. The monoisotopic (exact) mass is 297 g/mol. The third kappa shape index (κ3) is 2.96. The van der Waals surface area contributed by atoms with Crippen molar-refractivity contribution in [3.05, 3.63) is 59.2 Å². The summed E-state index contributed by atoms with van der Waals surface area (Å²) in [5.41, 5.74) is 10.6. The Labute approximate surface area is 130 Å². The van der Waals surface area contributed by atoms with Crippen molar-refractivity contribution in [2.24, 2.45) is 10.7 Å². The minimum atomic E-state index is 0.363. The quantitative estimate of drug-likeness (QED) is 0.453. The fraction of sp³-hybridized carbons (Fsp3) is 0.235. The molecular formula is C17H19N3S. The van der Waals surface area contributed by atoms with E-state index in [0.29, 0.717) is 11.9 Å². The standard InChI is InChI=1S/C17H19N3S/c1-11-15-10-13(7-6-12(15)8-9-19-11)20-17(18)14-4-2-3-5-16(14)21/h2-7,10-11,19,21H,8-9H2,1H3,(H2,18,20). The van der Waals surface area contributed by atoms with Gasteiger partial charge in [0.15, 0.2) is 0 Å². The molecule has 0 saturated heterocycles. The number of benzene rings is 2. The molecule has 108 valence electrons. The summed E-state index contributed by atoms with van der Waals surface area (Å²) in [4.78, 5) is 5.39. The summed E-state index contributed by atoms with van der Waals surface area (Å²) < 4.78 is 0. The topological polar surface area (TPSA) is 50.4 Å². The molecule has 0 radical (unpaired) electrons. The summed E-state index contributed by atoms with van der Waals surface area (Å²) in [6.07, 6.45) is 1.07. The molecule has 0 aliphatic carbocycles. The van der Waals surface area contributed by atoms with E-state index < -0.39 is 0 Å². The molecule has 0 fully saturated rings. The van der Waals surface area contributed by atoms with Crippen LogP contribution in [0, 0.1) is 0 Å². The Balaban J connectivity index is 1.96. The van der Waals surface area contributed by atoms with E-state index in [1.54, 1.807) is 0 Å². The number of thiol groups is 1. The average Bonchev–Trinajstić information content (AvgIpc) is 2.48. The van der Waals surface area contributed by atoms with Gasteiger partial charge >= 0.3 is 0 Å². The van der Waals surface area contributed by atoms with Gasteiger partial charge in [-0.15, -0.1) is 12.6 Å². The number of aliphatic imine (C=N–C) groups is 1. The van der Waals surface area contributed by atoms with E-state index in [1.165, 1.54) is 11.1 Å². The van der Waals surface area contributed by atoms with Gasteiger partial charge in [0.1, 0.15) is 5.84 Å². The number of fused-ring (bicyclic) bond motifs is 1. The maximum atomic E-state index is 6.12. The summed E-state index contributed by atoms with van der Waals surface area (Å²) in [6.45, 7) is 3.21. The van der Waals surface area contributed by atoms with E-state index in [9.17, 15) is 0 Å². The highest BCUT2D eigenvalue weighted by Crippen LogP contribution is 2.27. The molecule has 1 unspecified atom stereocenters. The Morgan fingerprint density at radius 2 is 2.10 bits per heavy atom. The predicted octanol–water partition coefficient (Wildman–Crippen LogP) is 3.22. The van der Waals surface area contributed by atoms with Crippen LogP contribution in [0.1, 0.15) is 29.7 Å². The van der Waals surface area contributed by atoms with Crippen LogP contribution in [0.3, 0.4) is 0 Å². The number of hydrogen-bond acceptors (Lipinski definition) is 3. The second kappa shape index (κ2) is 5.92. The molecular weight excluding hydrogens is 278 g/mol. The van der Waals surface area contributed by atoms with Gasteiger partial charge in [-0.3, -0.25) is 0 Å². The first-order chi connectivity index (χ1) is 10.1. The van der Waals surface area contributed by atoms with Gasteiger partial charge in [-0.05, 0) is 49.2 Å². The smallest absolute Gasteiger partial charge is 0.132 e. The zero-order valence-corrected chi connectivity index (χ0v) is 12.9. The lowest BCUT2D eigenvalue weighted by molar-refractivity contribution is 0.541. The zero-order chi connectivity index (χ0) is 14.8. The summed E-state index contributed by atoms with van der Waals surface area (Å²) in [6, 6.07) is 14.4.